The van der Waals surface area contributed by atoms with Crippen molar-refractivity contribution in [1.82, 2.24) is 14.5 Å². The number of aryl methyl sites for hydroxylation is 2. The smallest absolute Gasteiger partial charge is 0.295 e. The van der Waals surface area contributed by atoms with E-state index in [-0.39, 0.29) is 11.3 Å². The number of benzene rings is 2. The third-order valence-electron chi connectivity index (χ3n) is 5.97. The average Bonchev–Trinajstić information content (AvgIpc) is 3.46. The molecule has 0 spiro atoms. The minimum Gasteiger partial charge on any atom is -0.507 e. The highest BCUT2D eigenvalue weighted by atomic mass is 16.5. The maximum atomic E-state index is 13.2. The number of carbonyl (C=O) groups is 2. The van der Waals surface area contributed by atoms with Gasteiger partial charge in [0.1, 0.15) is 17.3 Å². The number of Topliss-reactive ketones (excluding diaryl/α,β-unsaturated/α-hetero) is 1. The molecule has 4 rings (SSSR count). The van der Waals surface area contributed by atoms with Crippen molar-refractivity contribution < 1.29 is 24.2 Å². The zero-order valence-electron chi connectivity index (χ0n) is 19.4. The maximum absolute atomic E-state index is 13.2. The van der Waals surface area contributed by atoms with Gasteiger partial charge in [-0.1, -0.05) is 29.8 Å². The van der Waals surface area contributed by atoms with Crippen molar-refractivity contribution in [2.24, 2.45) is 0 Å². The SMILES string of the molecule is COc1ccc(OC)c([C@@H]2/C(=C(\O)c3ccc(C)cc3)C(=O)C(=O)N2CCCn2ccnc2)c1. The number of nitrogens with zero attached hydrogens (tertiary/aromatic N) is 3. The van der Waals surface area contributed by atoms with Crippen LogP contribution in [0.4, 0.5) is 0 Å². The van der Waals surface area contributed by atoms with Crippen molar-refractivity contribution in [3.63, 3.8) is 0 Å². The summed E-state index contributed by atoms with van der Waals surface area (Å²) >= 11 is 0. The fraction of sp³-hybridized carbons (Fsp3) is 0.269. The van der Waals surface area contributed by atoms with E-state index in [1.54, 1.807) is 50.0 Å². The summed E-state index contributed by atoms with van der Waals surface area (Å²) in [4.78, 5) is 31.9. The van der Waals surface area contributed by atoms with Gasteiger partial charge in [-0.05, 0) is 31.5 Å². The summed E-state index contributed by atoms with van der Waals surface area (Å²) in [7, 11) is 3.07. The number of hydrogen-bond acceptors (Lipinski definition) is 6. The highest BCUT2D eigenvalue weighted by molar-refractivity contribution is 6.46. The molecule has 1 aliphatic heterocycles. The van der Waals surface area contributed by atoms with Gasteiger partial charge in [-0.2, -0.15) is 0 Å². The molecule has 8 heteroatoms. The fourth-order valence-corrected chi connectivity index (χ4v) is 4.20. The summed E-state index contributed by atoms with van der Waals surface area (Å²) < 4.78 is 12.9. The second kappa shape index (κ2) is 9.82. The van der Waals surface area contributed by atoms with Gasteiger partial charge in [0.25, 0.3) is 11.7 Å². The summed E-state index contributed by atoms with van der Waals surface area (Å²) in [6.07, 6.45) is 5.83. The van der Waals surface area contributed by atoms with E-state index in [0.29, 0.717) is 42.1 Å². The lowest BCUT2D eigenvalue weighted by molar-refractivity contribution is -0.140. The first-order chi connectivity index (χ1) is 16.4. The van der Waals surface area contributed by atoms with E-state index >= 15 is 0 Å². The number of rotatable bonds is 8. The van der Waals surface area contributed by atoms with Gasteiger partial charge < -0.3 is 24.0 Å². The normalized spacial score (nSPS) is 17.3. The van der Waals surface area contributed by atoms with Crippen LogP contribution in [0.1, 0.15) is 29.2 Å². The number of likely N-dealkylation sites (tertiary alicyclic amines) is 1. The Balaban J connectivity index is 1.81. The molecule has 0 bridgehead atoms. The first kappa shape index (κ1) is 23.1. The van der Waals surface area contributed by atoms with Gasteiger partial charge >= 0.3 is 0 Å². The molecule has 1 saturated heterocycles. The average molecular weight is 462 g/mol. The Kier molecular flexibility index (Phi) is 6.67. The van der Waals surface area contributed by atoms with Gasteiger partial charge in [0.15, 0.2) is 0 Å². The van der Waals surface area contributed by atoms with Gasteiger partial charge in [-0.15, -0.1) is 0 Å². The minimum absolute atomic E-state index is 0.0306. The van der Waals surface area contributed by atoms with Crippen LogP contribution in [0.15, 0.2) is 66.8 Å². The molecule has 2 aromatic carbocycles. The van der Waals surface area contributed by atoms with Crippen molar-refractivity contribution >= 4 is 17.4 Å². The van der Waals surface area contributed by atoms with Crippen LogP contribution < -0.4 is 9.47 Å². The molecule has 1 fully saturated rings. The fourth-order valence-electron chi connectivity index (χ4n) is 4.20. The highest BCUT2D eigenvalue weighted by Crippen LogP contribution is 2.43. The lowest BCUT2D eigenvalue weighted by Crippen LogP contribution is -2.31. The molecule has 0 unspecified atom stereocenters. The topological polar surface area (TPSA) is 93.9 Å². The van der Waals surface area contributed by atoms with E-state index in [4.69, 9.17) is 9.47 Å². The number of aliphatic hydroxyl groups excluding tert-OH is 1. The van der Waals surface area contributed by atoms with Crippen molar-refractivity contribution in [2.75, 3.05) is 20.8 Å². The predicted molar refractivity (Wildman–Crippen MR) is 127 cm³/mol. The van der Waals surface area contributed by atoms with Crippen LogP contribution in [0, 0.1) is 6.92 Å². The van der Waals surface area contributed by atoms with Crippen LogP contribution in [0.2, 0.25) is 0 Å². The summed E-state index contributed by atoms with van der Waals surface area (Å²) in [6.45, 7) is 2.87. The summed E-state index contributed by atoms with van der Waals surface area (Å²) in [5.41, 5.74) is 2.08. The Hall–Kier alpha value is -4.07. The van der Waals surface area contributed by atoms with Crippen molar-refractivity contribution in [2.45, 2.75) is 25.9 Å². The molecule has 1 atom stereocenters. The van der Waals surface area contributed by atoms with E-state index in [1.165, 1.54) is 12.0 Å². The van der Waals surface area contributed by atoms with E-state index in [9.17, 15) is 14.7 Å². The number of methoxy groups -OCH3 is 2. The van der Waals surface area contributed by atoms with E-state index in [2.05, 4.69) is 4.98 Å². The first-order valence-corrected chi connectivity index (χ1v) is 11.0. The Morgan fingerprint density at radius 1 is 1.06 bits per heavy atom. The lowest BCUT2D eigenvalue weighted by Gasteiger charge is -2.27. The number of amides is 1. The molecule has 0 radical (unpaired) electrons. The Morgan fingerprint density at radius 2 is 1.82 bits per heavy atom. The lowest BCUT2D eigenvalue weighted by atomic mass is 9.94. The van der Waals surface area contributed by atoms with Crippen LogP contribution in [0.3, 0.4) is 0 Å². The number of imidazole rings is 1. The van der Waals surface area contributed by atoms with Crippen molar-refractivity contribution in [1.29, 1.82) is 0 Å². The number of ketones is 1. The maximum Gasteiger partial charge on any atom is 0.295 e. The molecule has 34 heavy (non-hydrogen) atoms. The quantitative estimate of drug-likeness (QED) is 0.312. The number of aromatic nitrogens is 2. The van der Waals surface area contributed by atoms with Gasteiger partial charge in [-0.3, -0.25) is 9.59 Å². The highest BCUT2D eigenvalue weighted by Gasteiger charge is 2.47. The first-order valence-electron chi connectivity index (χ1n) is 11.0. The molecule has 0 saturated carbocycles. The Bertz CT molecular complexity index is 1220. The summed E-state index contributed by atoms with van der Waals surface area (Å²) in [6, 6.07) is 11.5. The second-order valence-corrected chi connectivity index (χ2v) is 8.12. The van der Waals surface area contributed by atoms with Crippen molar-refractivity contribution in [3.05, 3.63) is 83.4 Å². The largest absolute Gasteiger partial charge is 0.507 e. The van der Waals surface area contributed by atoms with Gasteiger partial charge in [0.05, 0.1) is 32.2 Å². The van der Waals surface area contributed by atoms with E-state index < -0.39 is 17.7 Å². The summed E-state index contributed by atoms with van der Waals surface area (Å²) in [5, 5.41) is 11.2. The monoisotopic (exact) mass is 461 g/mol. The molecule has 2 heterocycles. The molecule has 0 aliphatic carbocycles. The Labute approximate surface area is 198 Å². The Morgan fingerprint density at radius 3 is 2.47 bits per heavy atom. The summed E-state index contributed by atoms with van der Waals surface area (Å²) in [5.74, 6) is -0.563. The van der Waals surface area contributed by atoms with Crippen LogP contribution in [-0.4, -0.2) is 52.0 Å². The number of hydrogen-bond donors (Lipinski definition) is 1. The van der Waals surface area contributed by atoms with Gasteiger partial charge in [0.2, 0.25) is 0 Å². The van der Waals surface area contributed by atoms with E-state index in [0.717, 1.165) is 5.56 Å². The second-order valence-electron chi connectivity index (χ2n) is 8.12. The molecule has 1 aliphatic rings. The third kappa shape index (κ3) is 4.39. The molecular weight excluding hydrogens is 434 g/mol. The van der Waals surface area contributed by atoms with Crippen molar-refractivity contribution in [3.8, 4) is 11.5 Å². The van der Waals surface area contributed by atoms with Crippen LogP contribution >= 0.6 is 0 Å². The molecule has 176 valence electrons. The van der Waals surface area contributed by atoms with Gasteiger partial charge in [0, 0.05) is 36.6 Å². The van der Waals surface area contributed by atoms with Crippen LogP contribution in [0.5, 0.6) is 11.5 Å². The van der Waals surface area contributed by atoms with Gasteiger partial charge in [-0.25, -0.2) is 4.98 Å². The predicted octanol–water partition coefficient (Wildman–Crippen LogP) is 3.72. The number of ether oxygens (including phenoxy) is 2. The zero-order valence-corrected chi connectivity index (χ0v) is 19.4. The number of carbonyl (C=O) groups excluding carboxylic acids is 2. The third-order valence-corrected chi connectivity index (χ3v) is 5.97. The zero-order chi connectivity index (χ0) is 24.2. The molecule has 1 amide bonds. The molecular formula is C26H27N3O5. The molecule has 8 nitrogen and oxygen atoms in total. The molecule has 1 aromatic heterocycles. The molecule has 1 N–H and O–H groups in total. The van der Waals surface area contributed by atoms with E-state index in [1.807, 2.05) is 29.8 Å². The van der Waals surface area contributed by atoms with Crippen LogP contribution in [0.25, 0.3) is 5.76 Å². The van der Waals surface area contributed by atoms with Crippen LogP contribution in [-0.2, 0) is 16.1 Å². The molecule has 3 aromatic rings. The minimum atomic E-state index is -0.825. The standard InChI is InChI=1S/C26H27N3O5/c1-17-5-7-18(8-6-17)24(30)22-23(20-15-19(33-2)9-10-21(20)34-3)29(26(32)25(22)31)13-4-12-28-14-11-27-16-28/h5-11,14-16,23,30H,4,12-13H2,1-3H3/b24-22+/t23-/m1/s1. The number of aliphatic hydroxyl groups is 1.